The molecule has 106 valence electrons. The first-order chi connectivity index (χ1) is 9.72. The highest BCUT2D eigenvalue weighted by Gasteiger charge is 2.05. The lowest BCUT2D eigenvalue weighted by Gasteiger charge is -2.09. The van der Waals surface area contributed by atoms with E-state index in [2.05, 4.69) is 5.32 Å². The summed E-state index contributed by atoms with van der Waals surface area (Å²) in [5.74, 6) is 0.520. The van der Waals surface area contributed by atoms with Crippen LogP contribution >= 0.6 is 11.8 Å². The van der Waals surface area contributed by atoms with Crippen LogP contribution in [0, 0.1) is 5.82 Å². The average molecular weight is 291 g/mol. The molecule has 0 bridgehead atoms. The molecular formula is C16H18FNOS. The van der Waals surface area contributed by atoms with E-state index >= 15 is 0 Å². The molecule has 2 rings (SSSR count). The summed E-state index contributed by atoms with van der Waals surface area (Å²) in [5.41, 5.74) is 1.62. The summed E-state index contributed by atoms with van der Waals surface area (Å²) in [5, 5.41) is 3.05. The fraction of sp³-hybridized carbons (Fsp3) is 0.250. The standard InChI is InChI=1S/C16H18FNOS/c1-18-10-12-3-8-16(17)13(9-12)11-19-14-4-6-15(20-2)7-5-14/h3-9,18H,10-11H2,1-2H3. The molecule has 2 nitrogen and oxygen atoms in total. The van der Waals surface area contributed by atoms with Gasteiger partial charge >= 0.3 is 0 Å². The van der Waals surface area contributed by atoms with Crippen molar-refractivity contribution in [3.8, 4) is 5.75 Å². The van der Waals surface area contributed by atoms with Crippen molar-refractivity contribution in [3.05, 3.63) is 59.4 Å². The zero-order valence-corrected chi connectivity index (χ0v) is 12.5. The lowest BCUT2D eigenvalue weighted by atomic mass is 10.1. The summed E-state index contributed by atoms with van der Waals surface area (Å²) in [6.07, 6.45) is 2.03. The molecule has 0 aliphatic rings. The van der Waals surface area contributed by atoms with E-state index in [0.717, 1.165) is 17.9 Å². The first kappa shape index (κ1) is 14.9. The number of rotatable bonds is 6. The van der Waals surface area contributed by atoms with Crippen LogP contribution in [-0.2, 0) is 13.2 Å². The molecule has 0 heterocycles. The van der Waals surface area contributed by atoms with Crippen molar-refractivity contribution >= 4 is 11.8 Å². The third-order valence-corrected chi connectivity index (χ3v) is 3.69. The Balaban J connectivity index is 2.03. The van der Waals surface area contributed by atoms with E-state index in [4.69, 9.17) is 4.74 Å². The van der Waals surface area contributed by atoms with Gasteiger partial charge in [0.1, 0.15) is 18.2 Å². The van der Waals surface area contributed by atoms with Crippen molar-refractivity contribution in [2.24, 2.45) is 0 Å². The van der Waals surface area contributed by atoms with Crippen molar-refractivity contribution in [1.29, 1.82) is 0 Å². The first-order valence-electron chi connectivity index (χ1n) is 6.41. The molecule has 0 fully saturated rings. The zero-order valence-electron chi connectivity index (χ0n) is 11.7. The van der Waals surface area contributed by atoms with Crippen LogP contribution in [0.2, 0.25) is 0 Å². The van der Waals surface area contributed by atoms with Crippen LogP contribution < -0.4 is 10.1 Å². The van der Waals surface area contributed by atoms with E-state index < -0.39 is 0 Å². The Morgan fingerprint density at radius 2 is 1.90 bits per heavy atom. The minimum absolute atomic E-state index is 0.231. The summed E-state index contributed by atoms with van der Waals surface area (Å²) in [6, 6.07) is 12.9. The molecule has 2 aromatic rings. The quantitative estimate of drug-likeness (QED) is 0.817. The normalized spacial score (nSPS) is 10.6. The number of ether oxygens (including phenoxy) is 1. The summed E-state index contributed by atoms with van der Waals surface area (Å²) in [7, 11) is 1.87. The van der Waals surface area contributed by atoms with E-state index in [1.165, 1.54) is 11.0 Å². The van der Waals surface area contributed by atoms with Crippen LogP contribution in [0.3, 0.4) is 0 Å². The summed E-state index contributed by atoms with van der Waals surface area (Å²) in [6.45, 7) is 0.956. The molecule has 0 spiro atoms. The predicted octanol–water partition coefficient (Wildman–Crippen LogP) is 3.85. The Hall–Kier alpha value is -1.52. The monoisotopic (exact) mass is 291 g/mol. The molecule has 0 amide bonds. The Bertz CT molecular complexity index is 557. The number of halogens is 1. The molecule has 0 atom stereocenters. The van der Waals surface area contributed by atoms with E-state index in [1.807, 2.05) is 43.6 Å². The Morgan fingerprint density at radius 3 is 2.55 bits per heavy atom. The number of hydrogen-bond acceptors (Lipinski definition) is 3. The van der Waals surface area contributed by atoms with Crippen molar-refractivity contribution in [1.82, 2.24) is 5.32 Å². The SMILES string of the molecule is CNCc1ccc(F)c(COc2ccc(SC)cc2)c1. The fourth-order valence-corrected chi connectivity index (χ4v) is 2.29. The van der Waals surface area contributed by atoms with Crippen LogP contribution in [0.25, 0.3) is 0 Å². The Labute approximate surface area is 123 Å². The predicted molar refractivity (Wildman–Crippen MR) is 81.7 cm³/mol. The maximum Gasteiger partial charge on any atom is 0.129 e. The number of hydrogen-bond donors (Lipinski definition) is 1. The Kier molecular flexibility index (Phi) is 5.44. The van der Waals surface area contributed by atoms with Gasteiger partial charge in [0, 0.05) is 17.0 Å². The van der Waals surface area contributed by atoms with Crippen molar-refractivity contribution in [2.45, 2.75) is 18.0 Å². The van der Waals surface area contributed by atoms with Gasteiger partial charge in [-0.1, -0.05) is 6.07 Å². The molecule has 0 saturated carbocycles. The molecule has 0 aliphatic carbocycles. The fourth-order valence-electron chi connectivity index (χ4n) is 1.89. The van der Waals surface area contributed by atoms with Gasteiger partial charge in [-0.15, -0.1) is 11.8 Å². The van der Waals surface area contributed by atoms with E-state index in [-0.39, 0.29) is 12.4 Å². The smallest absolute Gasteiger partial charge is 0.129 e. The van der Waals surface area contributed by atoms with Gasteiger partial charge in [0.25, 0.3) is 0 Å². The molecule has 0 aromatic heterocycles. The molecule has 4 heteroatoms. The van der Waals surface area contributed by atoms with E-state index in [0.29, 0.717) is 5.56 Å². The van der Waals surface area contributed by atoms with Gasteiger partial charge in [-0.2, -0.15) is 0 Å². The van der Waals surface area contributed by atoms with Crippen molar-refractivity contribution in [3.63, 3.8) is 0 Å². The highest BCUT2D eigenvalue weighted by molar-refractivity contribution is 7.98. The highest BCUT2D eigenvalue weighted by atomic mass is 32.2. The van der Waals surface area contributed by atoms with Crippen LogP contribution in [-0.4, -0.2) is 13.3 Å². The first-order valence-corrected chi connectivity index (χ1v) is 7.64. The largest absolute Gasteiger partial charge is 0.489 e. The van der Waals surface area contributed by atoms with Crippen molar-refractivity contribution in [2.75, 3.05) is 13.3 Å². The van der Waals surface area contributed by atoms with Gasteiger partial charge in [0.05, 0.1) is 0 Å². The van der Waals surface area contributed by atoms with Gasteiger partial charge < -0.3 is 10.1 Å². The minimum atomic E-state index is -0.231. The third kappa shape index (κ3) is 3.99. The van der Waals surface area contributed by atoms with Gasteiger partial charge in [0.2, 0.25) is 0 Å². The number of thioether (sulfide) groups is 1. The van der Waals surface area contributed by atoms with Gasteiger partial charge in [-0.3, -0.25) is 0 Å². The van der Waals surface area contributed by atoms with E-state index in [1.54, 1.807) is 17.8 Å². The second-order valence-electron chi connectivity index (χ2n) is 4.42. The maximum absolute atomic E-state index is 13.7. The van der Waals surface area contributed by atoms with Gasteiger partial charge in [-0.25, -0.2) is 4.39 Å². The average Bonchev–Trinajstić information content (AvgIpc) is 2.48. The molecular weight excluding hydrogens is 273 g/mol. The molecule has 0 unspecified atom stereocenters. The van der Waals surface area contributed by atoms with E-state index in [9.17, 15) is 4.39 Å². The van der Waals surface area contributed by atoms with Crippen molar-refractivity contribution < 1.29 is 9.13 Å². The molecule has 0 aliphatic heterocycles. The summed E-state index contributed by atoms with van der Waals surface area (Å²) < 4.78 is 19.4. The second kappa shape index (κ2) is 7.31. The molecule has 1 N–H and O–H groups in total. The number of benzene rings is 2. The van der Waals surface area contributed by atoms with Crippen LogP contribution in [0.4, 0.5) is 4.39 Å². The zero-order chi connectivity index (χ0) is 14.4. The minimum Gasteiger partial charge on any atom is -0.489 e. The topological polar surface area (TPSA) is 21.3 Å². The molecule has 0 radical (unpaired) electrons. The van der Waals surface area contributed by atoms with Gasteiger partial charge in [-0.05, 0) is 55.3 Å². The highest BCUT2D eigenvalue weighted by Crippen LogP contribution is 2.20. The Morgan fingerprint density at radius 1 is 1.15 bits per heavy atom. The summed E-state index contributed by atoms with van der Waals surface area (Å²) >= 11 is 1.68. The summed E-state index contributed by atoms with van der Waals surface area (Å²) in [4.78, 5) is 1.18. The lowest BCUT2D eigenvalue weighted by molar-refractivity contribution is 0.299. The van der Waals surface area contributed by atoms with Crippen LogP contribution in [0.1, 0.15) is 11.1 Å². The molecule has 2 aromatic carbocycles. The van der Waals surface area contributed by atoms with Crippen LogP contribution in [0.5, 0.6) is 5.75 Å². The second-order valence-corrected chi connectivity index (χ2v) is 5.30. The maximum atomic E-state index is 13.7. The third-order valence-electron chi connectivity index (χ3n) is 2.94. The number of nitrogens with one attached hydrogen (secondary N) is 1. The van der Waals surface area contributed by atoms with Gasteiger partial charge in [0.15, 0.2) is 0 Å². The van der Waals surface area contributed by atoms with Crippen LogP contribution in [0.15, 0.2) is 47.4 Å². The molecule has 0 saturated heterocycles. The molecule has 20 heavy (non-hydrogen) atoms. The lowest BCUT2D eigenvalue weighted by Crippen LogP contribution is -2.07.